The van der Waals surface area contributed by atoms with Crippen LogP contribution in [0, 0.1) is 0 Å². The molecule has 2 N–H and O–H groups in total. The third-order valence-corrected chi connectivity index (χ3v) is 5.45. The summed E-state index contributed by atoms with van der Waals surface area (Å²) >= 11 is 1.77. The van der Waals surface area contributed by atoms with Crippen LogP contribution in [0.4, 0.5) is 5.00 Å². The van der Waals surface area contributed by atoms with E-state index in [1.807, 2.05) is 29.9 Å². The largest absolute Gasteiger partial charge is 0.351 e. The lowest BCUT2D eigenvalue weighted by Crippen LogP contribution is -2.39. The smallest absolute Gasteiger partial charge is 0.256 e. The maximum absolute atomic E-state index is 12.5. The number of rotatable bonds is 1. The molecule has 0 fully saturated rings. The molecule has 1 amide bonds. The molecule has 0 bridgehead atoms. The van der Waals surface area contributed by atoms with Crippen molar-refractivity contribution in [2.24, 2.45) is 7.05 Å². The fourth-order valence-electron chi connectivity index (χ4n) is 3.20. The van der Waals surface area contributed by atoms with Crippen molar-refractivity contribution in [1.29, 1.82) is 0 Å². The van der Waals surface area contributed by atoms with Crippen LogP contribution in [0.5, 0.6) is 0 Å². The van der Waals surface area contributed by atoms with Crippen LogP contribution >= 0.6 is 11.3 Å². The highest BCUT2D eigenvalue weighted by Gasteiger charge is 2.32. The number of amides is 1. The van der Waals surface area contributed by atoms with Crippen molar-refractivity contribution in [3.05, 3.63) is 40.0 Å². The molecule has 0 saturated heterocycles. The Morgan fingerprint density at radius 1 is 1.30 bits per heavy atom. The van der Waals surface area contributed by atoms with E-state index in [4.69, 9.17) is 0 Å². The van der Waals surface area contributed by atoms with Crippen molar-refractivity contribution in [2.45, 2.75) is 31.8 Å². The van der Waals surface area contributed by atoms with Gasteiger partial charge in [0.05, 0.1) is 11.3 Å². The van der Waals surface area contributed by atoms with E-state index in [0.29, 0.717) is 0 Å². The fraction of sp³-hybridized carbons (Fsp3) is 0.400. The SMILES string of the molecule is Cn1cccc1C1NC(=O)c2c(sc3c2CCCC3)N1. The summed E-state index contributed by atoms with van der Waals surface area (Å²) in [6.45, 7) is 0. The van der Waals surface area contributed by atoms with Crippen LogP contribution < -0.4 is 10.6 Å². The van der Waals surface area contributed by atoms with Gasteiger partial charge in [0.1, 0.15) is 11.2 Å². The lowest BCUT2D eigenvalue weighted by atomic mass is 9.94. The lowest BCUT2D eigenvalue weighted by Gasteiger charge is -2.27. The Balaban J connectivity index is 1.75. The molecule has 3 heterocycles. The highest BCUT2D eigenvalue weighted by Crippen LogP contribution is 2.41. The third kappa shape index (κ3) is 1.69. The van der Waals surface area contributed by atoms with Gasteiger partial charge >= 0.3 is 0 Å². The van der Waals surface area contributed by atoms with Gasteiger partial charge in [-0.15, -0.1) is 11.3 Å². The van der Waals surface area contributed by atoms with Gasteiger partial charge in [0.2, 0.25) is 0 Å². The number of hydrogen-bond acceptors (Lipinski definition) is 3. The van der Waals surface area contributed by atoms with Crippen LogP contribution in [0.15, 0.2) is 18.3 Å². The van der Waals surface area contributed by atoms with Gasteiger partial charge in [-0.3, -0.25) is 4.79 Å². The van der Waals surface area contributed by atoms with Gasteiger partial charge in [-0.05, 0) is 43.4 Å². The zero-order chi connectivity index (χ0) is 13.7. The minimum Gasteiger partial charge on any atom is -0.351 e. The van der Waals surface area contributed by atoms with Crippen molar-refractivity contribution < 1.29 is 4.79 Å². The molecule has 2 aromatic heterocycles. The fourth-order valence-corrected chi connectivity index (χ4v) is 4.52. The topological polar surface area (TPSA) is 46.1 Å². The van der Waals surface area contributed by atoms with E-state index >= 15 is 0 Å². The van der Waals surface area contributed by atoms with Crippen LogP contribution in [0.3, 0.4) is 0 Å². The van der Waals surface area contributed by atoms with Crippen LogP contribution in [-0.4, -0.2) is 10.5 Å². The molecule has 4 rings (SSSR count). The molecule has 0 radical (unpaired) electrons. The Kier molecular flexibility index (Phi) is 2.63. The maximum Gasteiger partial charge on any atom is 0.256 e. The molecule has 1 unspecified atom stereocenters. The second kappa shape index (κ2) is 4.38. The standard InChI is InChI=1S/C15H17N3OS/c1-18-8-4-6-10(18)13-16-14(19)12-9-5-2-3-7-11(9)20-15(12)17-13/h4,6,8,13,17H,2-3,5,7H2,1H3,(H,16,19). The molecule has 1 atom stereocenters. The number of anilines is 1. The molecule has 5 heteroatoms. The zero-order valence-corrected chi connectivity index (χ0v) is 12.2. The molecule has 4 nitrogen and oxygen atoms in total. The molecule has 104 valence electrons. The van der Waals surface area contributed by atoms with Gasteiger partial charge in [-0.25, -0.2) is 0 Å². The summed E-state index contributed by atoms with van der Waals surface area (Å²) < 4.78 is 2.04. The highest BCUT2D eigenvalue weighted by atomic mass is 32.1. The number of aryl methyl sites for hydroxylation is 2. The Bertz CT molecular complexity index is 685. The summed E-state index contributed by atoms with van der Waals surface area (Å²) in [4.78, 5) is 13.9. The molecular formula is C15H17N3OS. The summed E-state index contributed by atoms with van der Waals surface area (Å²) in [6.07, 6.45) is 6.48. The monoisotopic (exact) mass is 287 g/mol. The van der Waals surface area contributed by atoms with Crippen molar-refractivity contribution in [1.82, 2.24) is 9.88 Å². The molecule has 0 saturated carbocycles. The van der Waals surface area contributed by atoms with E-state index in [1.165, 1.54) is 23.3 Å². The highest BCUT2D eigenvalue weighted by molar-refractivity contribution is 7.16. The number of nitrogens with zero attached hydrogens (tertiary/aromatic N) is 1. The molecule has 1 aliphatic heterocycles. The number of nitrogens with one attached hydrogen (secondary N) is 2. The summed E-state index contributed by atoms with van der Waals surface area (Å²) in [5.74, 6) is 0.0735. The number of carbonyl (C=O) groups excluding carboxylic acids is 1. The van der Waals surface area contributed by atoms with Gasteiger partial charge in [-0.1, -0.05) is 0 Å². The van der Waals surface area contributed by atoms with Gasteiger partial charge in [0.25, 0.3) is 5.91 Å². The van der Waals surface area contributed by atoms with Crippen molar-refractivity contribution in [3.8, 4) is 0 Å². The molecule has 2 aromatic rings. The number of fused-ring (bicyclic) bond motifs is 3. The Morgan fingerprint density at radius 3 is 2.95 bits per heavy atom. The third-order valence-electron chi connectivity index (χ3n) is 4.23. The molecule has 1 aliphatic carbocycles. The van der Waals surface area contributed by atoms with E-state index in [9.17, 15) is 4.79 Å². The molecule has 0 aromatic carbocycles. The van der Waals surface area contributed by atoms with Gasteiger partial charge in [0, 0.05) is 18.1 Å². The van der Waals surface area contributed by atoms with Crippen LogP contribution in [0.25, 0.3) is 0 Å². The Hall–Kier alpha value is -1.75. The van der Waals surface area contributed by atoms with Crippen LogP contribution in [-0.2, 0) is 19.9 Å². The second-order valence-corrected chi connectivity index (χ2v) is 6.61. The quantitative estimate of drug-likeness (QED) is 0.847. The zero-order valence-electron chi connectivity index (χ0n) is 11.4. The van der Waals surface area contributed by atoms with Crippen LogP contribution in [0.1, 0.15) is 45.5 Å². The number of aromatic nitrogens is 1. The summed E-state index contributed by atoms with van der Waals surface area (Å²) in [5.41, 5.74) is 3.26. The predicted octanol–water partition coefficient (Wildman–Crippen LogP) is 2.82. The molecular weight excluding hydrogens is 270 g/mol. The number of carbonyl (C=O) groups is 1. The summed E-state index contributed by atoms with van der Waals surface area (Å²) in [6, 6.07) is 4.04. The number of thiophene rings is 1. The average Bonchev–Trinajstić information content (AvgIpc) is 3.01. The van der Waals surface area contributed by atoms with Gasteiger partial charge in [0.15, 0.2) is 0 Å². The maximum atomic E-state index is 12.5. The van der Waals surface area contributed by atoms with Crippen LogP contribution in [0.2, 0.25) is 0 Å². The van der Waals surface area contributed by atoms with Gasteiger partial charge < -0.3 is 15.2 Å². The Labute approximate surface area is 121 Å². The van der Waals surface area contributed by atoms with Crippen molar-refractivity contribution in [2.75, 3.05) is 5.32 Å². The van der Waals surface area contributed by atoms with E-state index in [0.717, 1.165) is 29.1 Å². The van der Waals surface area contributed by atoms with E-state index in [1.54, 1.807) is 11.3 Å². The minimum atomic E-state index is -0.130. The van der Waals surface area contributed by atoms with Crippen molar-refractivity contribution >= 4 is 22.2 Å². The molecule has 20 heavy (non-hydrogen) atoms. The summed E-state index contributed by atoms with van der Waals surface area (Å²) in [7, 11) is 2.00. The lowest BCUT2D eigenvalue weighted by molar-refractivity contribution is 0.0934. The molecule has 0 spiro atoms. The first-order valence-corrected chi connectivity index (χ1v) is 7.89. The predicted molar refractivity (Wildman–Crippen MR) is 80.2 cm³/mol. The first-order valence-electron chi connectivity index (χ1n) is 7.07. The Morgan fingerprint density at radius 2 is 2.15 bits per heavy atom. The average molecular weight is 287 g/mol. The molecule has 2 aliphatic rings. The second-order valence-electron chi connectivity index (χ2n) is 5.51. The minimum absolute atomic E-state index is 0.0735. The van der Waals surface area contributed by atoms with E-state index in [2.05, 4.69) is 10.6 Å². The van der Waals surface area contributed by atoms with E-state index in [-0.39, 0.29) is 12.1 Å². The van der Waals surface area contributed by atoms with Gasteiger partial charge in [-0.2, -0.15) is 0 Å². The summed E-state index contributed by atoms with van der Waals surface area (Å²) in [5, 5.41) is 7.63. The first kappa shape index (κ1) is 12.0. The first-order chi connectivity index (χ1) is 9.74. The van der Waals surface area contributed by atoms with E-state index < -0.39 is 0 Å². The van der Waals surface area contributed by atoms with Crippen molar-refractivity contribution in [3.63, 3.8) is 0 Å². The number of hydrogen-bond donors (Lipinski definition) is 2. The normalized spacial score (nSPS) is 20.9.